The summed E-state index contributed by atoms with van der Waals surface area (Å²) >= 11 is 0. The van der Waals surface area contributed by atoms with E-state index in [1.54, 1.807) is 0 Å². The van der Waals surface area contributed by atoms with Gasteiger partial charge in [-0.15, -0.1) is 0 Å². The molecule has 2 atom stereocenters. The molecule has 3 aliphatic carbocycles. The standard InChI is InChI=1S/C48H38N2O/c1-3-12-33(13-4-1)34-22-25-38(26-23-34)50-45-20-9-7-18-41(45)42-28-24-36(31-46(42)50)35-14-11-17-39(30-35)49(37-15-5-2-6-16-37)40-27-29-48-44(32-40)43-19-8-10-21-47(43)51-48/h2-3,5-15,17-22,24-32,34,37H,1,4,16,23H2. The first-order valence-corrected chi connectivity index (χ1v) is 18.2. The molecule has 0 fully saturated rings. The van der Waals surface area contributed by atoms with E-state index < -0.39 is 0 Å². The number of nitrogens with zero attached hydrogens (tertiary/aromatic N) is 2. The summed E-state index contributed by atoms with van der Waals surface area (Å²) in [5.74, 6) is 0.446. The molecule has 2 aromatic heterocycles. The zero-order valence-electron chi connectivity index (χ0n) is 28.5. The molecule has 0 saturated heterocycles. The van der Waals surface area contributed by atoms with Gasteiger partial charge >= 0.3 is 0 Å². The van der Waals surface area contributed by atoms with Gasteiger partial charge in [-0.05, 0) is 97.0 Å². The molecule has 7 aromatic rings. The first kappa shape index (κ1) is 29.8. The van der Waals surface area contributed by atoms with Gasteiger partial charge in [0.2, 0.25) is 0 Å². The molecule has 0 aliphatic heterocycles. The third kappa shape index (κ3) is 5.20. The summed E-state index contributed by atoms with van der Waals surface area (Å²) in [7, 11) is 0. The Labute approximate surface area is 298 Å². The van der Waals surface area contributed by atoms with Gasteiger partial charge in [0, 0.05) is 44.5 Å². The molecule has 0 saturated carbocycles. The lowest BCUT2D eigenvalue weighted by Gasteiger charge is -2.33. The number of para-hydroxylation sites is 2. The van der Waals surface area contributed by atoms with E-state index >= 15 is 0 Å². The first-order chi connectivity index (χ1) is 25.3. The van der Waals surface area contributed by atoms with Crippen LogP contribution in [0.5, 0.6) is 0 Å². The maximum Gasteiger partial charge on any atom is 0.135 e. The van der Waals surface area contributed by atoms with Crippen LogP contribution in [0.2, 0.25) is 0 Å². The lowest BCUT2D eigenvalue weighted by Crippen LogP contribution is -2.29. The number of allylic oxidation sites excluding steroid dienone is 10. The van der Waals surface area contributed by atoms with Crippen LogP contribution in [0.4, 0.5) is 11.4 Å². The van der Waals surface area contributed by atoms with Crippen LogP contribution in [0.1, 0.15) is 25.7 Å². The van der Waals surface area contributed by atoms with Gasteiger partial charge in [-0.2, -0.15) is 0 Å². The first-order valence-electron chi connectivity index (χ1n) is 18.2. The number of aromatic nitrogens is 1. The molecule has 246 valence electrons. The van der Waals surface area contributed by atoms with Crippen molar-refractivity contribution in [2.75, 3.05) is 4.90 Å². The summed E-state index contributed by atoms with van der Waals surface area (Å²) in [6.45, 7) is 0. The van der Waals surface area contributed by atoms with Crippen molar-refractivity contribution in [2.24, 2.45) is 5.92 Å². The Hall–Kier alpha value is -6.06. The normalized spacial score (nSPS) is 18.6. The number of rotatable bonds is 6. The molecule has 0 N–H and O–H groups in total. The quantitative estimate of drug-likeness (QED) is 0.177. The lowest BCUT2D eigenvalue weighted by atomic mass is 9.88. The van der Waals surface area contributed by atoms with Crippen molar-refractivity contribution in [2.45, 2.75) is 31.7 Å². The maximum atomic E-state index is 6.20. The van der Waals surface area contributed by atoms with Crippen LogP contribution in [0.3, 0.4) is 0 Å². The minimum Gasteiger partial charge on any atom is -0.456 e. The molecule has 5 aromatic carbocycles. The SMILES string of the molecule is C1=CCC(N(c2cccc(-c3ccc4c5ccccc5n(C5=CCC(C6=CCCC=C6)C=C5)c4c3)c2)c2ccc3oc4ccccc4c3c2)C=C1. The Morgan fingerprint density at radius 2 is 1.41 bits per heavy atom. The fraction of sp³-hybridized carbons (Fsp3) is 0.125. The van der Waals surface area contributed by atoms with E-state index in [0.717, 1.165) is 53.3 Å². The summed E-state index contributed by atoms with van der Waals surface area (Å²) in [4.78, 5) is 2.48. The van der Waals surface area contributed by atoms with Crippen molar-refractivity contribution in [1.29, 1.82) is 0 Å². The van der Waals surface area contributed by atoms with E-state index in [-0.39, 0.29) is 6.04 Å². The van der Waals surface area contributed by atoms with Crippen molar-refractivity contribution in [3.8, 4) is 11.1 Å². The highest BCUT2D eigenvalue weighted by Crippen LogP contribution is 2.40. The number of anilines is 2. The second kappa shape index (κ2) is 12.4. The molecule has 3 nitrogen and oxygen atoms in total. The zero-order valence-corrected chi connectivity index (χ0v) is 28.5. The molecule has 0 spiro atoms. The number of hydrogen-bond acceptors (Lipinski definition) is 2. The summed E-state index contributed by atoms with van der Waals surface area (Å²) in [5.41, 5.74) is 11.7. The van der Waals surface area contributed by atoms with Crippen LogP contribution in [0.15, 0.2) is 180 Å². The Morgan fingerprint density at radius 1 is 0.569 bits per heavy atom. The Balaban J connectivity index is 1.07. The summed E-state index contributed by atoms with van der Waals surface area (Å²) < 4.78 is 8.66. The fourth-order valence-electron chi connectivity index (χ4n) is 8.35. The van der Waals surface area contributed by atoms with Crippen LogP contribution < -0.4 is 4.90 Å². The smallest absolute Gasteiger partial charge is 0.135 e. The molecule has 10 rings (SSSR count). The van der Waals surface area contributed by atoms with Gasteiger partial charge in [0.1, 0.15) is 11.2 Å². The summed E-state index contributed by atoms with van der Waals surface area (Å²) in [6.07, 6.45) is 27.3. The van der Waals surface area contributed by atoms with E-state index in [9.17, 15) is 0 Å². The lowest BCUT2D eigenvalue weighted by molar-refractivity contribution is 0.669. The van der Waals surface area contributed by atoms with Crippen molar-refractivity contribution < 1.29 is 4.42 Å². The molecule has 0 bridgehead atoms. The average Bonchev–Trinajstić information content (AvgIpc) is 3.74. The highest BCUT2D eigenvalue weighted by atomic mass is 16.3. The van der Waals surface area contributed by atoms with Gasteiger partial charge in [0.05, 0.1) is 17.1 Å². The Kier molecular flexibility index (Phi) is 7.23. The molecule has 2 unspecified atom stereocenters. The largest absolute Gasteiger partial charge is 0.456 e. The second-order valence-electron chi connectivity index (χ2n) is 13.9. The minimum absolute atomic E-state index is 0.194. The molecule has 2 heterocycles. The van der Waals surface area contributed by atoms with Gasteiger partial charge < -0.3 is 13.9 Å². The topological polar surface area (TPSA) is 21.3 Å². The van der Waals surface area contributed by atoms with Crippen LogP contribution in [0.25, 0.3) is 60.6 Å². The zero-order chi connectivity index (χ0) is 33.7. The molecule has 3 aliphatic rings. The van der Waals surface area contributed by atoms with Crippen molar-refractivity contribution in [3.05, 3.63) is 176 Å². The molecule has 51 heavy (non-hydrogen) atoms. The molecule has 3 heteroatoms. The monoisotopic (exact) mass is 658 g/mol. The predicted molar refractivity (Wildman–Crippen MR) is 215 cm³/mol. The van der Waals surface area contributed by atoms with Gasteiger partial charge in [-0.3, -0.25) is 0 Å². The Morgan fingerprint density at radius 3 is 2.27 bits per heavy atom. The van der Waals surface area contributed by atoms with Gasteiger partial charge in [0.15, 0.2) is 0 Å². The molecular formula is C48H38N2O. The van der Waals surface area contributed by atoms with E-state index in [4.69, 9.17) is 4.42 Å². The number of hydrogen-bond donors (Lipinski definition) is 0. The van der Waals surface area contributed by atoms with Crippen LogP contribution in [-0.2, 0) is 0 Å². The van der Waals surface area contributed by atoms with E-state index in [2.05, 4.69) is 167 Å². The maximum absolute atomic E-state index is 6.20. The molecule has 0 amide bonds. The van der Waals surface area contributed by atoms with Crippen molar-refractivity contribution >= 4 is 60.8 Å². The van der Waals surface area contributed by atoms with Crippen molar-refractivity contribution in [3.63, 3.8) is 0 Å². The average molecular weight is 659 g/mol. The number of fused-ring (bicyclic) bond motifs is 6. The van der Waals surface area contributed by atoms with Gasteiger partial charge in [0.25, 0.3) is 0 Å². The van der Waals surface area contributed by atoms with Crippen molar-refractivity contribution in [1.82, 2.24) is 4.57 Å². The summed E-state index contributed by atoms with van der Waals surface area (Å²) in [6, 6.07) is 40.0. The predicted octanol–water partition coefficient (Wildman–Crippen LogP) is 13.1. The third-order valence-electron chi connectivity index (χ3n) is 10.8. The van der Waals surface area contributed by atoms with Crippen LogP contribution >= 0.6 is 0 Å². The van der Waals surface area contributed by atoms with Gasteiger partial charge in [-0.25, -0.2) is 0 Å². The highest BCUT2D eigenvalue weighted by molar-refractivity contribution is 6.11. The third-order valence-corrected chi connectivity index (χ3v) is 10.8. The van der Waals surface area contributed by atoms with E-state index in [1.165, 1.54) is 49.9 Å². The number of furan rings is 1. The summed E-state index contributed by atoms with van der Waals surface area (Å²) in [5, 5.41) is 4.85. The minimum atomic E-state index is 0.194. The number of benzene rings is 5. The van der Waals surface area contributed by atoms with Gasteiger partial charge in [-0.1, -0.05) is 115 Å². The van der Waals surface area contributed by atoms with Crippen LogP contribution in [-0.4, -0.2) is 10.6 Å². The van der Waals surface area contributed by atoms with Crippen LogP contribution in [0, 0.1) is 5.92 Å². The van der Waals surface area contributed by atoms with E-state index in [1.807, 2.05) is 12.1 Å². The molecule has 0 radical (unpaired) electrons. The van der Waals surface area contributed by atoms with E-state index in [0.29, 0.717) is 5.92 Å². The second-order valence-corrected chi connectivity index (χ2v) is 13.9. The fourth-order valence-corrected chi connectivity index (χ4v) is 8.35. The molecular weight excluding hydrogens is 621 g/mol. The highest BCUT2D eigenvalue weighted by Gasteiger charge is 2.22. The Bertz CT molecular complexity index is 2670.